The second-order valence-electron chi connectivity index (χ2n) is 5.01. The summed E-state index contributed by atoms with van der Waals surface area (Å²) in [5.41, 5.74) is 1.00. The standard InChI is InChI=1S/C16H15ClN2O2S/c1-10-11(2)22-15-14(10)16(20)19(9-18-15)6-7-21-13-5-3-4-12(17)8-13/h3-5,8-9H,6-7H2,1-2H3. The highest BCUT2D eigenvalue weighted by Crippen LogP contribution is 2.25. The number of fused-ring (bicyclic) bond motifs is 1. The van der Waals surface area contributed by atoms with Crippen LogP contribution in [0.3, 0.4) is 0 Å². The maximum absolute atomic E-state index is 12.5. The molecule has 1 aromatic carbocycles. The van der Waals surface area contributed by atoms with Crippen LogP contribution in [0, 0.1) is 13.8 Å². The third-order valence-corrected chi connectivity index (χ3v) is 4.90. The maximum Gasteiger partial charge on any atom is 0.262 e. The van der Waals surface area contributed by atoms with E-state index < -0.39 is 0 Å². The minimum atomic E-state index is -0.0125. The lowest BCUT2D eigenvalue weighted by Gasteiger charge is -2.08. The molecule has 0 atom stereocenters. The van der Waals surface area contributed by atoms with Crippen LogP contribution < -0.4 is 10.3 Å². The average molecular weight is 335 g/mol. The van der Waals surface area contributed by atoms with Crippen LogP contribution in [0.25, 0.3) is 10.2 Å². The third-order valence-electron chi connectivity index (χ3n) is 3.55. The highest BCUT2D eigenvalue weighted by molar-refractivity contribution is 7.18. The fourth-order valence-electron chi connectivity index (χ4n) is 2.25. The molecule has 0 radical (unpaired) electrons. The molecule has 0 fully saturated rings. The van der Waals surface area contributed by atoms with Gasteiger partial charge < -0.3 is 4.74 Å². The topological polar surface area (TPSA) is 44.1 Å². The first kappa shape index (κ1) is 15.1. The van der Waals surface area contributed by atoms with Crippen LogP contribution in [0.15, 0.2) is 35.4 Å². The van der Waals surface area contributed by atoms with Crippen molar-refractivity contribution in [2.45, 2.75) is 20.4 Å². The van der Waals surface area contributed by atoms with Crippen LogP contribution in [-0.2, 0) is 6.54 Å². The van der Waals surface area contributed by atoms with E-state index in [1.807, 2.05) is 26.0 Å². The minimum Gasteiger partial charge on any atom is -0.492 e. The van der Waals surface area contributed by atoms with Gasteiger partial charge in [-0.2, -0.15) is 0 Å². The number of aryl methyl sites for hydroxylation is 2. The second kappa shape index (κ2) is 6.10. The van der Waals surface area contributed by atoms with E-state index in [1.165, 1.54) is 0 Å². The lowest BCUT2D eigenvalue weighted by atomic mass is 10.2. The molecule has 2 aromatic heterocycles. The summed E-state index contributed by atoms with van der Waals surface area (Å²) in [7, 11) is 0. The molecular weight excluding hydrogens is 320 g/mol. The summed E-state index contributed by atoms with van der Waals surface area (Å²) in [6, 6.07) is 7.20. The van der Waals surface area contributed by atoms with Crippen molar-refractivity contribution in [3.8, 4) is 5.75 Å². The zero-order valence-corrected chi connectivity index (χ0v) is 13.9. The lowest BCUT2D eigenvalue weighted by molar-refractivity contribution is 0.296. The Morgan fingerprint density at radius 3 is 2.95 bits per heavy atom. The van der Waals surface area contributed by atoms with Crippen molar-refractivity contribution in [3.05, 3.63) is 56.4 Å². The molecule has 3 aromatic rings. The summed E-state index contributed by atoms with van der Waals surface area (Å²) in [6.45, 7) is 4.80. The monoisotopic (exact) mass is 334 g/mol. The van der Waals surface area contributed by atoms with Gasteiger partial charge in [0.25, 0.3) is 5.56 Å². The molecule has 0 aliphatic carbocycles. The van der Waals surface area contributed by atoms with Crippen molar-refractivity contribution in [3.63, 3.8) is 0 Å². The highest BCUT2D eigenvalue weighted by Gasteiger charge is 2.11. The fraction of sp³-hybridized carbons (Fsp3) is 0.250. The summed E-state index contributed by atoms with van der Waals surface area (Å²) < 4.78 is 7.21. The number of ether oxygens (including phenoxy) is 1. The quantitative estimate of drug-likeness (QED) is 0.728. The summed E-state index contributed by atoms with van der Waals surface area (Å²) in [5, 5.41) is 1.34. The SMILES string of the molecule is Cc1sc2ncn(CCOc3cccc(Cl)c3)c(=O)c2c1C. The van der Waals surface area contributed by atoms with Crippen LogP contribution in [-0.4, -0.2) is 16.2 Å². The molecule has 4 nitrogen and oxygen atoms in total. The molecule has 0 bridgehead atoms. The van der Waals surface area contributed by atoms with Gasteiger partial charge in [-0.25, -0.2) is 4.98 Å². The van der Waals surface area contributed by atoms with E-state index in [0.717, 1.165) is 15.3 Å². The Balaban J connectivity index is 1.78. The number of benzene rings is 1. The van der Waals surface area contributed by atoms with Crippen molar-refractivity contribution in [1.29, 1.82) is 0 Å². The van der Waals surface area contributed by atoms with Gasteiger partial charge in [0.1, 0.15) is 17.2 Å². The summed E-state index contributed by atoms with van der Waals surface area (Å²) in [6.07, 6.45) is 1.58. The average Bonchev–Trinajstić information content (AvgIpc) is 2.77. The zero-order valence-electron chi connectivity index (χ0n) is 12.3. The molecule has 0 saturated carbocycles. The normalized spacial score (nSPS) is 11.0. The fourth-order valence-corrected chi connectivity index (χ4v) is 3.42. The molecule has 3 rings (SSSR count). The van der Waals surface area contributed by atoms with Crippen LogP contribution in [0.2, 0.25) is 5.02 Å². The molecule has 22 heavy (non-hydrogen) atoms. The third kappa shape index (κ3) is 2.87. The van der Waals surface area contributed by atoms with E-state index in [0.29, 0.717) is 29.3 Å². The van der Waals surface area contributed by atoms with Crippen molar-refractivity contribution < 1.29 is 4.74 Å². The first-order chi connectivity index (χ1) is 10.6. The Bertz CT molecular complexity index is 885. The number of rotatable bonds is 4. The van der Waals surface area contributed by atoms with Crippen LogP contribution in [0.5, 0.6) is 5.75 Å². The predicted molar refractivity (Wildman–Crippen MR) is 90.3 cm³/mol. The van der Waals surface area contributed by atoms with Crippen molar-refractivity contribution in [1.82, 2.24) is 9.55 Å². The number of hydrogen-bond donors (Lipinski definition) is 0. The Labute approximate surface area is 136 Å². The molecule has 0 N–H and O–H groups in total. The molecule has 0 saturated heterocycles. The van der Waals surface area contributed by atoms with E-state index in [9.17, 15) is 4.79 Å². The Morgan fingerprint density at radius 1 is 1.36 bits per heavy atom. The van der Waals surface area contributed by atoms with Gasteiger partial charge in [-0.05, 0) is 37.6 Å². The minimum absolute atomic E-state index is 0.0125. The molecule has 2 heterocycles. The van der Waals surface area contributed by atoms with Crippen molar-refractivity contribution in [2.24, 2.45) is 0 Å². The van der Waals surface area contributed by atoms with Gasteiger partial charge in [0.05, 0.1) is 18.3 Å². The van der Waals surface area contributed by atoms with Gasteiger partial charge in [0.2, 0.25) is 0 Å². The molecule has 0 aliphatic rings. The highest BCUT2D eigenvalue weighted by atomic mass is 35.5. The van der Waals surface area contributed by atoms with Gasteiger partial charge in [-0.1, -0.05) is 17.7 Å². The maximum atomic E-state index is 12.5. The molecule has 0 amide bonds. The molecule has 114 valence electrons. The van der Waals surface area contributed by atoms with Crippen LogP contribution in [0.4, 0.5) is 0 Å². The van der Waals surface area contributed by atoms with E-state index in [4.69, 9.17) is 16.3 Å². The molecular formula is C16H15ClN2O2S. The van der Waals surface area contributed by atoms with E-state index in [-0.39, 0.29) is 5.56 Å². The largest absolute Gasteiger partial charge is 0.492 e. The molecule has 0 spiro atoms. The van der Waals surface area contributed by atoms with Gasteiger partial charge in [0.15, 0.2) is 0 Å². The Hall–Kier alpha value is -1.85. The van der Waals surface area contributed by atoms with Gasteiger partial charge in [-0.15, -0.1) is 11.3 Å². The van der Waals surface area contributed by atoms with E-state index in [2.05, 4.69) is 4.98 Å². The number of thiophene rings is 1. The predicted octanol–water partition coefficient (Wildman–Crippen LogP) is 3.81. The van der Waals surface area contributed by atoms with Crippen molar-refractivity contribution in [2.75, 3.05) is 6.61 Å². The first-order valence-electron chi connectivity index (χ1n) is 6.90. The number of aromatic nitrogens is 2. The number of nitrogens with zero attached hydrogens (tertiary/aromatic N) is 2. The van der Waals surface area contributed by atoms with Gasteiger partial charge in [-0.3, -0.25) is 9.36 Å². The Morgan fingerprint density at radius 2 is 2.18 bits per heavy atom. The lowest BCUT2D eigenvalue weighted by Crippen LogP contribution is -2.23. The van der Waals surface area contributed by atoms with E-state index >= 15 is 0 Å². The first-order valence-corrected chi connectivity index (χ1v) is 8.09. The summed E-state index contributed by atoms with van der Waals surface area (Å²) in [5.74, 6) is 0.692. The van der Waals surface area contributed by atoms with Crippen LogP contribution in [0.1, 0.15) is 10.4 Å². The van der Waals surface area contributed by atoms with Gasteiger partial charge >= 0.3 is 0 Å². The molecule has 6 heteroatoms. The van der Waals surface area contributed by atoms with E-state index in [1.54, 1.807) is 34.4 Å². The number of halogens is 1. The second-order valence-corrected chi connectivity index (χ2v) is 6.65. The van der Waals surface area contributed by atoms with Crippen molar-refractivity contribution >= 4 is 33.2 Å². The molecule has 0 unspecified atom stereocenters. The molecule has 0 aliphatic heterocycles. The van der Waals surface area contributed by atoms with Gasteiger partial charge in [0, 0.05) is 9.90 Å². The smallest absolute Gasteiger partial charge is 0.262 e. The number of hydrogen-bond acceptors (Lipinski definition) is 4. The Kier molecular flexibility index (Phi) is 4.18. The zero-order chi connectivity index (χ0) is 15.7. The summed E-state index contributed by atoms with van der Waals surface area (Å²) in [4.78, 5) is 18.8. The summed E-state index contributed by atoms with van der Waals surface area (Å²) >= 11 is 7.46. The van der Waals surface area contributed by atoms with Crippen LogP contribution >= 0.6 is 22.9 Å².